The number of ether oxygens (including phenoxy) is 2. The molecule has 1 heterocycles. The monoisotopic (exact) mass is 665 g/mol. The van der Waals surface area contributed by atoms with Crippen molar-refractivity contribution in [1.29, 1.82) is 0 Å². The van der Waals surface area contributed by atoms with Crippen molar-refractivity contribution < 1.29 is 19.1 Å². The SMILES string of the molecule is Cc1cc(Cl)c(OCCOc2ccc(C(=O)NC3CCNCC3C(=O)N(Cc3ccccc3Cl)C3CC3)cc2)c(Cl)c1.Cl. The third-order valence-corrected chi connectivity index (χ3v) is 8.47. The Morgan fingerprint density at radius 1 is 0.930 bits per heavy atom. The summed E-state index contributed by atoms with van der Waals surface area (Å²) >= 11 is 18.9. The van der Waals surface area contributed by atoms with Crippen molar-refractivity contribution in [2.45, 2.75) is 44.8 Å². The van der Waals surface area contributed by atoms with Gasteiger partial charge < -0.3 is 25.0 Å². The number of benzene rings is 3. The van der Waals surface area contributed by atoms with Gasteiger partial charge in [0.25, 0.3) is 5.91 Å². The van der Waals surface area contributed by atoms with E-state index in [4.69, 9.17) is 44.3 Å². The minimum absolute atomic E-state index is 0. The minimum atomic E-state index is -0.357. The number of hydrogen-bond acceptors (Lipinski definition) is 5. The number of carbonyl (C=O) groups is 2. The third-order valence-electron chi connectivity index (χ3n) is 7.54. The van der Waals surface area contributed by atoms with Crippen molar-refractivity contribution >= 4 is 59.0 Å². The van der Waals surface area contributed by atoms with Crippen molar-refractivity contribution in [3.63, 3.8) is 0 Å². The van der Waals surface area contributed by atoms with Crippen molar-refractivity contribution in [3.8, 4) is 11.5 Å². The topological polar surface area (TPSA) is 79.9 Å². The van der Waals surface area contributed by atoms with Crippen LogP contribution in [0.1, 0.15) is 40.7 Å². The Hall–Kier alpha value is -2.68. The van der Waals surface area contributed by atoms with Gasteiger partial charge >= 0.3 is 0 Å². The van der Waals surface area contributed by atoms with E-state index < -0.39 is 0 Å². The average Bonchev–Trinajstić information content (AvgIpc) is 3.81. The summed E-state index contributed by atoms with van der Waals surface area (Å²) in [7, 11) is 0. The molecule has 0 spiro atoms. The predicted molar refractivity (Wildman–Crippen MR) is 173 cm³/mol. The lowest BCUT2D eigenvalue weighted by molar-refractivity contribution is -0.138. The summed E-state index contributed by atoms with van der Waals surface area (Å²) in [5.74, 6) is 0.504. The van der Waals surface area contributed by atoms with Gasteiger partial charge in [-0.05, 0) is 86.3 Å². The maximum Gasteiger partial charge on any atom is 0.251 e. The number of aryl methyl sites for hydroxylation is 1. The molecule has 2 aliphatic rings. The highest BCUT2D eigenvalue weighted by molar-refractivity contribution is 6.37. The summed E-state index contributed by atoms with van der Waals surface area (Å²) in [6.07, 6.45) is 2.64. The Morgan fingerprint density at radius 3 is 2.28 bits per heavy atom. The molecule has 43 heavy (non-hydrogen) atoms. The summed E-state index contributed by atoms with van der Waals surface area (Å²) in [6, 6.07) is 18.1. The molecule has 1 saturated heterocycles. The number of halogens is 4. The van der Waals surface area contributed by atoms with Gasteiger partial charge in [0.2, 0.25) is 5.91 Å². The molecule has 3 aromatic carbocycles. The molecule has 7 nitrogen and oxygen atoms in total. The Kier molecular flexibility index (Phi) is 11.9. The lowest BCUT2D eigenvalue weighted by Gasteiger charge is -2.36. The molecule has 1 saturated carbocycles. The van der Waals surface area contributed by atoms with Crippen LogP contribution in [0.15, 0.2) is 60.7 Å². The molecular weight excluding hydrogens is 632 g/mol. The molecule has 230 valence electrons. The second-order valence-corrected chi connectivity index (χ2v) is 12.0. The molecule has 0 radical (unpaired) electrons. The zero-order valence-electron chi connectivity index (χ0n) is 23.8. The van der Waals surface area contributed by atoms with Crippen LogP contribution in [0.25, 0.3) is 0 Å². The Balaban J connectivity index is 0.00000423. The average molecular weight is 667 g/mol. The summed E-state index contributed by atoms with van der Waals surface area (Å²) in [6.45, 7) is 4.16. The van der Waals surface area contributed by atoms with Gasteiger partial charge in [-0.3, -0.25) is 9.59 Å². The highest BCUT2D eigenvalue weighted by Gasteiger charge is 2.40. The maximum absolute atomic E-state index is 13.8. The first kappa shape index (κ1) is 33.2. The molecule has 11 heteroatoms. The number of carbonyl (C=O) groups excluding carboxylic acids is 2. The summed E-state index contributed by atoms with van der Waals surface area (Å²) < 4.78 is 11.5. The summed E-state index contributed by atoms with van der Waals surface area (Å²) in [5, 5.41) is 8.01. The number of nitrogens with one attached hydrogen (secondary N) is 2. The second-order valence-electron chi connectivity index (χ2n) is 10.7. The molecule has 2 atom stereocenters. The van der Waals surface area contributed by atoms with Gasteiger partial charge in [-0.1, -0.05) is 53.0 Å². The van der Waals surface area contributed by atoms with Crippen molar-refractivity contribution in [3.05, 3.63) is 92.4 Å². The normalized spacial score (nSPS) is 17.9. The first-order chi connectivity index (χ1) is 20.3. The Labute approximate surface area is 273 Å². The third kappa shape index (κ3) is 8.70. The highest BCUT2D eigenvalue weighted by atomic mass is 35.5. The van der Waals surface area contributed by atoms with Gasteiger partial charge in [-0.25, -0.2) is 0 Å². The molecule has 2 unspecified atom stereocenters. The first-order valence-corrected chi connectivity index (χ1v) is 15.3. The van der Waals surface area contributed by atoms with Gasteiger partial charge in [0.1, 0.15) is 19.0 Å². The van der Waals surface area contributed by atoms with Gasteiger partial charge in [-0.2, -0.15) is 0 Å². The molecule has 2 amide bonds. The lowest BCUT2D eigenvalue weighted by atomic mass is 9.91. The standard InChI is InChI=1S/C32H34Cl3N3O4.ClH/c1-20-16-27(34)30(28(35)17-20)42-15-14-41-24-10-6-21(7-11-24)31(39)37-29-12-13-36-18-25(29)32(40)38(23-8-9-23)19-22-4-2-3-5-26(22)33;/h2-7,10-11,16-17,23,25,29,36H,8-9,12-15,18-19H2,1H3,(H,37,39);1H. The van der Waals surface area contributed by atoms with Gasteiger partial charge in [0.05, 0.1) is 16.0 Å². The zero-order chi connectivity index (χ0) is 29.6. The van der Waals surface area contributed by atoms with Crippen molar-refractivity contribution in [2.75, 3.05) is 26.3 Å². The molecule has 3 aromatic rings. The lowest BCUT2D eigenvalue weighted by Crippen LogP contribution is -2.55. The summed E-state index contributed by atoms with van der Waals surface area (Å²) in [4.78, 5) is 28.9. The molecule has 0 aromatic heterocycles. The van der Waals surface area contributed by atoms with E-state index in [1.807, 2.05) is 36.1 Å². The number of amides is 2. The van der Waals surface area contributed by atoms with E-state index in [-0.39, 0.29) is 55.4 Å². The van der Waals surface area contributed by atoms with Gasteiger partial charge in [0.15, 0.2) is 5.75 Å². The largest absolute Gasteiger partial charge is 0.490 e. The van der Waals surface area contributed by atoms with Crippen LogP contribution in [0.3, 0.4) is 0 Å². The van der Waals surface area contributed by atoms with Crippen LogP contribution in [0.4, 0.5) is 0 Å². The highest BCUT2D eigenvalue weighted by Crippen LogP contribution is 2.34. The molecule has 2 fully saturated rings. The van der Waals surface area contributed by atoms with E-state index >= 15 is 0 Å². The second kappa shape index (κ2) is 15.4. The fourth-order valence-corrected chi connectivity index (χ4v) is 6.07. The van der Waals surface area contributed by atoms with Crippen molar-refractivity contribution in [2.24, 2.45) is 5.92 Å². The molecule has 1 aliphatic heterocycles. The Morgan fingerprint density at radius 2 is 1.60 bits per heavy atom. The van der Waals surface area contributed by atoms with Crippen LogP contribution >= 0.6 is 47.2 Å². The summed E-state index contributed by atoms with van der Waals surface area (Å²) in [5.41, 5.74) is 2.38. The number of rotatable bonds is 11. The van der Waals surface area contributed by atoms with E-state index in [1.165, 1.54) is 0 Å². The van der Waals surface area contributed by atoms with Crippen LogP contribution in [-0.2, 0) is 11.3 Å². The van der Waals surface area contributed by atoms with Crippen LogP contribution < -0.4 is 20.1 Å². The number of piperidine rings is 1. The van der Waals surface area contributed by atoms with Crippen LogP contribution in [0.2, 0.25) is 15.1 Å². The number of nitrogens with zero attached hydrogens (tertiary/aromatic N) is 1. The van der Waals surface area contributed by atoms with Crippen LogP contribution in [-0.4, -0.2) is 55.1 Å². The van der Waals surface area contributed by atoms with Crippen molar-refractivity contribution in [1.82, 2.24) is 15.5 Å². The first-order valence-electron chi connectivity index (χ1n) is 14.2. The smallest absolute Gasteiger partial charge is 0.251 e. The van der Waals surface area contributed by atoms with E-state index in [1.54, 1.807) is 36.4 Å². The number of hydrogen-bond donors (Lipinski definition) is 2. The molecule has 0 bridgehead atoms. The molecule has 2 N–H and O–H groups in total. The molecule has 5 rings (SSSR count). The Bertz CT molecular complexity index is 1390. The van der Waals surface area contributed by atoms with E-state index in [0.29, 0.717) is 51.6 Å². The quantitative estimate of drug-likeness (QED) is 0.222. The minimum Gasteiger partial charge on any atom is -0.490 e. The predicted octanol–water partition coefficient (Wildman–Crippen LogP) is 6.73. The fourth-order valence-electron chi connectivity index (χ4n) is 5.17. The molecule has 1 aliphatic carbocycles. The van der Waals surface area contributed by atoms with Gasteiger partial charge in [-0.15, -0.1) is 12.4 Å². The van der Waals surface area contributed by atoms with E-state index in [9.17, 15) is 9.59 Å². The van der Waals surface area contributed by atoms with E-state index in [0.717, 1.165) is 30.5 Å². The molecular formula is C32H35Cl4N3O4. The van der Waals surface area contributed by atoms with Crippen LogP contribution in [0, 0.1) is 12.8 Å². The van der Waals surface area contributed by atoms with E-state index in [2.05, 4.69) is 10.6 Å². The zero-order valence-corrected chi connectivity index (χ0v) is 26.9. The maximum atomic E-state index is 13.8. The van der Waals surface area contributed by atoms with Gasteiger partial charge in [0, 0.05) is 35.8 Å². The fraction of sp³-hybridized carbons (Fsp3) is 0.375. The van der Waals surface area contributed by atoms with Crippen LogP contribution in [0.5, 0.6) is 11.5 Å².